The van der Waals surface area contributed by atoms with Gasteiger partial charge in [0.05, 0.1) is 17.3 Å². The first kappa shape index (κ1) is 18.2. The second-order valence-corrected chi connectivity index (χ2v) is 7.59. The number of carbonyl (C=O) groups is 2. The maximum absolute atomic E-state index is 13.4. The SMILES string of the molecule is Cc1cccc(-n2nc(C)c3c2NC(=O)CC3C(=O)c2ccc(C)cc2C)c1. The van der Waals surface area contributed by atoms with Gasteiger partial charge in [0.1, 0.15) is 5.82 Å². The lowest BCUT2D eigenvalue weighted by Gasteiger charge is -2.24. The molecule has 5 heteroatoms. The molecule has 1 unspecified atom stereocenters. The lowest BCUT2D eigenvalue weighted by Crippen LogP contribution is -2.28. The van der Waals surface area contributed by atoms with E-state index in [0.29, 0.717) is 11.4 Å². The van der Waals surface area contributed by atoms with Gasteiger partial charge in [-0.3, -0.25) is 9.59 Å². The van der Waals surface area contributed by atoms with Crippen molar-refractivity contribution >= 4 is 17.5 Å². The zero-order chi connectivity index (χ0) is 20.0. The highest BCUT2D eigenvalue weighted by Crippen LogP contribution is 2.38. The fraction of sp³-hybridized carbons (Fsp3) is 0.261. The summed E-state index contributed by atoms with van der Waals surface area (Å²) in [6.45, 7) is 7.85. The molecule has 0 fully saturated rings. The molecule has 1 amide bonds. The number of hydrogen-bond acceptors (Lipinski definition) is 3. The Hall–Kier alpha value is -3.21. The largest absolute Gasteiger partial charge is 0.310 e. The zero-order valence-electron chi connectivity index (χ0n) is 16.5. The van der Waals surface area contributed by atoms with Crippen molar-refractivity contribution in [1.82, 2.24) is 9.78 Å². The molecule has 2 heterocycles. The third-order valence-corrected chi connectivity index (χ3v) is 5.31. The minimum atomic E-state index is -0.524. The number of nitrogens with zero attached hydrogens (tertiary/aromatic N) is 2. The molecule has 1 atom stereocenters. The second kappa shape index (κ2) is 6.75. The highest BCUT2D eigenvalue weighted by atomic mass is 16.2. The van der Waals surface area contributed by atoms with E-state index in [4.69, 9.17) is 0 Å². The topological polar surface area (TPSA) is 64.0 Å². The van der Waals surface area contributed by atoms with Crippen molar-refractivity contribution in [3.05, 3.63) is 76.0 Å². The van der Waals surface area contributed by atoms with Crippen LogP contribution < -0.4 is 5.32 Å². The van der Waals surface area contributed by atoms with Gasteiger partial charge in [0, 0.05) is 17.5 Å². The number of ketones is 1. The third-order valence-electron chi connectivity index (χ3n) is 5.31. The highest BCUT2D eigenvalue weighted by Gasteiger charge is 2.36. The molecule has 1 N–H and O–H groups in total. The van der Waals surface area contributed by atoms with Crippen molar-refractivity contribution in [2.45, 2.75) is 40.0 Å². The summed E-state index contributed by atoms with van der Waals surface area (Å²) >= 11 is 0. The van der Waals surface area contributed by atoms with Crippen LogP contribution >= 0.6 is 0 Å². The molecular formula is C23H23N3O2. The Bertz CT molecular complexity index is 1110. The molecule has 1 aromatic heterocycles. The number of amides is 1. The molecule has 0 saturated carbocycles. The summed E-state index contributed by atoms with van der Waals surface area (Å²) in [7, 11) is 0. The maximum atomic E-state index is 13.4. The van der Waals surface area contributed by atoms with Crippen LogP contribution in [0.25, 0.3) is 5.69 Å². The molecule has 1 aliphatic rings. The van der Waals surface area contributed by atoms with Crippen LogP contribution in [-0.4, -0.2) is 21.5 Å². The van der Waals surface area contributed by atoms with Gasteiger partial charge in [0.25, 0.3) is 0 Å². The molecule has 2 aromatic carbocycles. The lowest BCUT2D eigenvalue weighted by atomic mass is 9.84. The van der Waals surface area contributed by atoms with E-state index >= 15 is 0 Å². The average molecular weight is 373 g/mol. The lowest BCUT2D eigenvalue weighted by molar-refractivity contribution is -0.116. The number of rotatable bonds is 3. The van der Waals surface area contributed by atoms with Crippen LogP contribution in [0.5, 0.6) is 0 Å². The van der Waals surface area contributed by atoms with E-state index in [1.807, 2.05) is 70.2 Å². The van der Waals surface area contributed by atoms with Crippen molar-refractivity contribution in [3.8, 4) is 5.69 Å². The number of Topliss-reactive ketones (excluding diaryl/α,β-unsaturated/α-hetero) is 1. The highest BCUT2D eigenvalue weighted by molar-refractivity contribution is 6.08. The molecule has 5 nitrogen and oxygen atoms in total. The van der Waals surface area contributed by atoms with Gasteiger partial charge in [0.2, 0.25) is 5.91 Å². The van der Waals surface area contributed by atoms with Gasteiger partial charge in [0.15, 0.2) is 5.78 Å². The van der Waals surface area contributed by atoms with E-state index in [0.717, 1.165) is 33.6 Å². The molecule has 4 rings (SSSR count). The number of fused-ring (bicyclic) bond motifs is 1. The van der Waals surface area contributed by atoms with Crippen molar-refractivity contribution in [3.63, 3.8) is 0 Å². The van der Waals surface area contributed by atoms with Crippen LogP contribution in [0.1, 0.15) is 50.6 Å². The fourth-order valence-electron chi connectivity index (χ4n) is 4.00. The number of aryl methyl sites for hydroxylation is 4. The van der Waals surface area contributed by atoms with Crippen molar-refractivity contribution in [1.29, 1.82) is 0 Å². The monoisotopic (exact) mass is 373 g/mol. The first-order chi connectivity index (χ1) is 13.3. The summed E-state index contributed by atoms with van der Waals surface area (Å²) in [5, 5.41) is 7.59. The van der Waals surface area contributed by atoms with Gasteiger partial charge < -0.3 is 5.32 Å². The van der Waals surface area contributed by atoms with Crippen molar-refractivity contribution < 1.29 is 9.59 Å². The Kier molecular flexibility index (Phi) is 4.38. The standard InChI is InChI=1S/C23H23N3O2/c1-13-6-5-7-17(11-13)26-23-21(16(4)25-26)19(12-20(27)24-23)22(28)18-9-8-14(2)10-15(18)3/h5-11,19H,12H2,1-4H3,(H,24,27). The summed E-state index contributed by atoms with van der Waals surface area (Å²) in [5.41, 5.74) is 6.25. The number of aromatic nitrogens is 2. The fourth-order valence-corrected chi connectivity index (χ4v) is 4.00. The maximum Gasteiger partial charge on any atom is 0.226 e. The van der Waals surface area contributed by atoms with Gasteiger partial charge in [-0.15, -0.1) is 0 Å². The number of hydrogen-bond donors (Lipinski definition) is 1. The van der Waals surface area contributed by atoms with Crippen LogP contribution in [0.4, 0.5) is 5.82 Å². The van der Waals surface area contributed by atoms with Gasteiger partial charge in [-0.2, -0.15) is 5.10 Å². The van der Waals surface area contributed by atoms with E-state index in [1.54, 1.807) is 4.68 Å². The van der Waals surface area contributed by atoms with Crippen LogP contribution in [-0.2, 0) is 4.79 Å². The van der Waals surface area contributed by atoms with Gasteiger partial charge in [-0.1, -0.05) is 35.9 Å². The molecule has 0 bridgehead atoms. The molecule has 0 spiro atoms. The molecule has 0 saturated heterocycles. The Morgan fingerprint density at radius 3 is 2.54 bits per heavy atom. The van der Waals surface area contributed by atoms with Crippen LogP contribution in [0.15, 0.2) is 42.5 Å². The Morgan fingerprint density at radius 1 is 1.07 bits per heavy atom. The molecule has 28 heavy (non-hydrogen) atoms. The zero-order valence-corrected chi connectivity index (χ0v) is 16.5. The Labute approximate surface area is 164 Å². The number of carbonyl (C=O) groups excluding carboxylic acids is 2. The summed E-state index contributed by atoms with van der Waals surface area (Å²) in [6, 6.07) is 13.7. The molecule has 0 aliphatic carbocycles. The van der Waals surface area contributed by atoms with Crippen LogP contribution in [0, 0.1) is 27.7 Å². The Morgan fingerprint density at radius 2 is 1.82 bits per heavy atom. The van der Waals surface area contributed by atoms with E-state index in [1.165, 1.54) is 0 Å². The first-order valence-electron chi connectivity index (χ1n) is 9.43. The molecule has 142 valence electrons. The molecule has 0 radical (unpaired) electrons. The summed E-state index contributed by atoms with van der Waals surface area (Å²) in [4.78, 5) is 25.8. The Balaban J connectivity index is 1.83. The molecular weight excluding hydrogens is 350 g/mol. The minimum absolute atomic E-state index is 0.0273. The summed E-state index contributed by atoms with van der Waals surface area (Å²) in [6.07, 6.45) is 0.138. The van der Waals surface area contributed by atoms with Gasteiger partial charge >= 0.3 is 0 Å². The minimum Gasteiger partial charge on any atom is -0.310 e. The van der Waals surface area contributed by atoms with Crippen LogP contribution in [0.3, 0.4) is 0 Å². The number of nitrogens with one attached hydrogen (secondary N) is 1. The predicted molar refractivity (Wildman–Crippen MR) is 109 cm³/mol. The second-order valence-electron chi connectivity index (χ2n) is 7.59. The van der Waals surface area contributed by atoms with Gasteiger partial charge in [-0.05, 0) is 51.0 Å². The molecule has 3 aromatic rings. The molecule has 1 aliphatic heterocycles. The predicted octanol–water partition coefficient (Wildman–Crippen LogP) is 4.41. The third kappa shape index (κ3) is 3.03. The van der Waals surface area contributed by atoms with Crippen LogP contribution in [0.2, 0.25) is 0 Å². The van der Waals surface area contributed by atoms with Crippen molar-refractivity contribution in [2.75, 3.05) is 5.32 Å². The van der Waals surface area contributed by atoms with Gasteiger partial charge in [-0.25, -0.2) is 4.68 Å². The normalized spacial score (nSPS) is 15.9. The van der Waals surface area contributed by atoms with E-state index in [9.17, 15) is 9.59 Å². The summed E-state index contributed by atoms with van der Waals surface area (Å²) < 4.78 is 1.73. The smallest absolute Gasteiger partial charge is 0.226 e. The average Bonchev–Trinajstić information content (AvgIpc) is 2.97. The van der Waals surface area contributed by atoms with Crippen molar-refractivity contribution in [2.24, 2.45) is 0 Å². The van der Waals surface area contributed by atoms with E-state index in [-0.39, 0.29) is 18.1 Å². The first-order valence-corrected chi connectivity index (χ1v) is 9.43. The van der Waals surface area contributed by atoms with E-state index < -0.39 is 5.92 Å². The quantitative estimate of drug-likeness (QED) is 0.692. The number of anilines is 1. The number of benzene rings is 2. The summed E-state index contributed by atoms with van der Waals surface area (Å²) in [5.74, 6) is -0.115. The van der Waals surface area contributed by atoms with E-state index in [2.05, 4.69) is 10.4 Å².